The van der Waals surface area contributed by atoms with Gasteiger partial charge in [-0.15, -0.1) is 0 Å². The lowest BCUT2D eigenvalue weighted by Crippen LogP contribution is -2.21. The number of carbonyl (C=O) groups excluding carboxylic acids is 2. The first-order valence-corrected chi connectivity index (χ1v) is 12.6. The third kappa shape index (κ3) is 10.7. The van der Waals surface area contributed by atoms with Gasteiger partial charge in [0.15, 0.2) is 0 Å². The number of alkyl halides is 3. The van der Waals surface area contributed by atoms with Gasteiger partial charge in [0, 0.05) is 6.42 Å². The number of hydrogen-bond acceptors (Lipinski definition) is 6. The van der Waals surface area contributed by atoms with Crippen molar-refractivity contribution < 1.29 is 42.4 Å². The standard InChI is InChI=1S/C28H37F3O6/c1-19(15-32)26(34)36-17-25(18-37-27(35)20(2)16-33)24-12-10-23(11-13-24)22-8-6-21(7-9-22)5-3-4-14-28(29,30)31/h10-13,21-22,25,32-33H,1-9,14-18H2. The summed E-state index contributed by atoms with van der Waals surface area (Å²) in [5.41, 5.74) is 1.77. The molecule has 1 aliphatic carbocycles. The van der Waals surface area contributed by atoms with E-state index in [1.54, 1.807) is 0 Å². The highest BCUT2D eigenvalue weighted by atomic mass is 19.4. The van der Waals surface area contributed by atoms with Crippen LogP contribution in [-0.4, -0.2) is 54.8 Å². The van der Waals surface area contributed by atoms with Gasteiger partial charge in [-0.25, -0.2) is 9.59 Å². The highest BCUT2D eigenvalue weighted by molar-refractivity contribution is 5.88. The van der Waals surface area contributed by atoms with Crippen molar-refractivity contribution in [2.75, 3.05) is 26.4 Å². The quantitative estimate of drug-likeness (QED) is 0.193. The van der Waals surface area contributed by atoms with Crippen LogP contribution in [0, 0.1) is 5.92 Å². The van der Waals surface area contributed by atoms with Crippen molar-refractivity contribution in [1.82, 2.24) is 0 Å². The lowest BCUT2D eigenvalue weighted by Gasteiger charge is -2.29. The second-order valence-electron chi connectivity index (χ2n) is 9.66. The van der Waals surface area contributed by atoms with Gasteiger partial charge in [0.05, 0.1) is 30.3 Å². The second-order valence-corrected chi connectivity index (χ2v) is 9.66. The van der Waals surface area contributed by atoms with Crippen molar-refractivity contribution in [2.24, 2.45) is 5.92 Å². The lowest BCUT2D eigenvalue weighted by molar-refractivity contribution is -0.143. The monoisotopic (exact) mass is 526 g/mol. The van der Waals surface area contributed by atoms with Crippen molar-refractivity contribution >= 4 is 11.9 Å². The molecular formula is C28H37F3O6. The summed E-state index contributed by atoms with van der Waals surface area (Å²) in [5.74, 6) is -1.13. The molecule has 0 radical (unpaired) electrons. The number of unbranched alkanes of at least 4 members (excludes halogenated alkanes) is 1. The molecule has 0 atom stereocenters. The summed E-state index contributed by atoms with van der Waals surface area (Å²) in [6, 6.07) is 7.79. The smallest absolute Gasteiger partial charge is 0.389 e. The number of benzene rings is 1. The fraction of sp³-hybridized carbons (Fsp3) is 0.571. The van der Waals surface area contributed by atoms with Gasteiger partial charge in [-0.1, -0.05) is 50.3 Å². The number of aliphatic hydroxyl groups excluding tert-OH is 2. The number of ether oxygens (including phenoxy) is 2. The number of esters is 2. The number of rotatable bonds is 14. The van der Waals surface area contributed by atoms with Crippen LogP contribution in [0.15, 0.2) is 48.6 Å². The molecule has 0 saturated heterocycles. The Morgan fingerprint density at radius 1 is 0.892 bits per heavy atom. The highest BCUT2D eigenvalue weighted by Crippen LogP contribution is 2.38. The maximum atomic E-state index is 12.3. The molecule has 0 aromatic heterocycles. The first-order valence-electron chi connectivity index (χ1n) is 12.6. The number of aliphatic hydroxyl groups is 2. The summed E-state index contributed by atoms with van der Waals surface area (Å²) in [5, 5.41) is 18.1. The molecule has 0 bridgehead atoms. The third-order valence-electron chi connectivity index (χ3n) is 6.84. The zero-order valence-electron chi connectivity index (χ0n) is 21.1. The van der Waals surface area contributed by atoms with Gasteiger partial charge in [-0.2, -0.15) is 13.2 Å². The first kappa shape index (κ1) is 30.6. The Morgan fingerprint density at radius 3 is 1.86 bits per heavy atom. The molecule has 0 spiro atoms. The Labute approximate surface area is 216 Å². The predicted molar refractivity (Wildman–Crippen MR) is 133 cm³/mol. The van der Waals surface area contributed by atoms with E-state index in [0.29, 0.717) is 18.3 Å². The summed E-state index contributed by atoms with van der Waals surface area (Å²) in [7, 11) is 0. The van der Waals surface area contributed by atoms with E-state index in [0.717, 1.165) is 43.2 Å². The minimum atomic E-state index is -4.08. The van der Waals surface area contributed by atoms with Crippen LogP contribution in [0.4, 0.5) is 13.2 Å². The second kappa shape index (κ2) is 14.9. The molecule has 1 saturated carbocycles. The van der Waals surface area contributed by atoms with Crippen molar-refractivity contribution in [3.05, 3.63) is 59.7 Å². The van der Waals surface area contributed by atoms with Gasteiger partial charge in [0.1, 0.15) is 13.2 Å². The molecule has 0 heterocycles. The normalized spacial score (nSPS) is 17.9. The Kier molecular flexibility index (Phi) is 12.3. The van der Waals surface area contributed by atoms with Gasteiger partial charge >= 0.3 is 18.1 Å². The van der Waals surface area contributed by atoms with E-state index in [-0.39, 0.29) is 30.8 Å². The largest absolute Gasteiger partial charge is 0.461 e. The van der Waals surface area contributed by atoms with E-state index in [4.69, 9.17) is 19.7 Å². The number of halogens is 3. The van der Waals surface area contributed by atoms with E-state index >= 15 is 0 Å². The summed E-state index contributed by atoms with van der Waals surface area (Å²) in [6.07, 6.45) is 0.813. The van der Waals surface area contributed by atoms with E-state index in [9.17, 15) is 22.8 Å². The van der Waals surface area contributed by atoms with Crippen LogP contribution in [0.5, 0.6) is 0 Å². The fourth-order valence-electron chi connectivity index (χ4n) is 4.51. The summed E-state index contributed by atoms with van der Waals surface area (Å²) >= 11 is 0. The highest BCUT2D eigenvalue weighted by Gasteiger charge is 2.27. The predicted octanol–water partition coefficient (Wildman–Crippen LogP) is 5.35. The molecule has 6 nitrogen and oxygen atoms in total. The first-order chi connectivity index (χ1) is 17.5. The van der Waals surface area contributed by atoms with Gasteiger partial charge in [-0.3, -0.25) is 0 Å². The molecule has 0 amide bonds. The summed E-state index contributed by atoms with van der Waals surface area (Å²) in [6.45, 7) is 5.61. The molecule has 1 aliphatic rings. The van der Waals surface area contributed by atoms with E-state index in [2.05, 4.69) is 13.2 Å². The average Bonchev–Trinajstić information content (AvgIpc) is 2.89. The molecule has 1 aromatic rings. The lowest BCUT2D eigenvalue weighted by atomic mass is 9.77. The SMILES string of the molecule is C=C(CO)C(=O)OCC(COC(=O)C(=C)CO)c1ccc(C2CCC(CCCCC(F)(F)F)CC2)cc1. The third-order valence-corrected chi connectivity index (χ3v) is 6.84. The summed E-state index contributed by atoms with van der Waals surface area (Å²) < 4.78 is 47.4. The Hall–Kier alpha value is -2.65. The van der Waals surface area contributed by atoms with Crippen molar-refractivity contribution in [3.8, 4) is 0 Å². The molecule has 0 aliphatic heterocycles. The minimum absolute atomic E-state index is 0.0873. The molecule has 2 rings (SSSR count). The van der Waals surface area contributed by atoms with Crippen LogP contribution in [0.3, 0.4) is 0 Å². The van der Waals surface area contributed by atoms with Gasteiger partial charge in [0.2, 0.25) is 0 Å². The molecule has 37 heavy (non-hydrogen) atoms. The van der Waals surface area contributed by atoms with Crippen LogP contribution in [-0.2, 0) is 19.1 Å². The molecular weight excluding hydrogens is 489 g/mol. The average molecular weight is 527 g/mol. The Bertz CT molecular complexity index is 869. The zero-order valence-corrected chi connectivity index (χ0v) is 21.1. The van der Waals surface area contributed by atoms with E-state index in [1.807, 2.05) is 24.3 Å². The summed E-state index contributed by atoms with van der Waals surface area (Å²) in [4.78, 5) is 23.9. The molecule has 206 valence electrons. The van der Waals surface area contributed by atoms with Crippen LogP contribution in [0.2, 0.25) is 0 Å². The van der Waals surface area contributed by atoms with E-state index in [1.165, 1.54) is 0 Å². The maximum Gasteiger partial charge on any atom is 0.389 e. The van der Waals surface area contributed by atoms with Crippen molar-refractivity contribution in [2.45, 2.75) is 69.4 Å². The van der Waals surface area contributed by atoms with Crippen LogP contribution < -0.4 is 0 Å². The number of hydrogen-bond donors (Lipinski definition) is 2. The minimum Gasteiger partial charge on any atom is -0.461 e. The van der Waals surface area contributed by atoms with Crippen molar-refractivity contribution in [1.29, 1.82) is 0 Å². The maximum absolute atomic E-state index is 12.3. The van der Waals surface area contributed by atoms with Crippen molar-refractivity contribution in [3.63, 3.8) is 0 Å². The Morgan fingerprint density at radius 2 is 1.41 bits per heavy atom. The Balaban J connectivity index is 1.94. The van der Waals surface area contributed by atoms with Gasteiger partial charge < -0.3 is 19.7 Å². The molecule has 9 heteroatoms. The topological polar surface area (TPSA) is 93.1 Å². The molecule has 1 aromatic carbocycles. The molecule has 1 fully saturated rings. The number of carbonyl (C=O) groups is 2. The van der Waals surface area contributed by atoms with Gasteiger partial charge in [-0.05, 0) is 55.1 Å². The zero-order chi connectivity index (χ0) is 27.4. The van der Waals surface area contributed by atoms with Crippen LogP contribution in [0.1, 0.15) is 74.3 Å². The van der Waals surface area contributed by atoms with Crippen LogP contribution in [0.25, 0.3) is 0 Å². The van der Waals surface area contributed by atoms with Crippen LogP contribution >= 0.6 is 0 Å². The molecule has 0 unspecified atom stereocenters. The fourth-order valence-corrected chi connectivity index (χ4v) is 4.51. The van der Waals surface area contributed by atoms with Gasteiger partial charge in [0.25, 0.3) is 0 Å². The molecule has 2 N–H and O–H groups in total. The van der Waals surface area contributed by atoms with E-state index < -0.39 is 43.7 Å².